The summed E-state index contributed by atoms with van der Waals surface area (Å²) in [6.45, 7) is 0. The van der Waals surface area contributed by atoms with E-state index in [9.17, 15) is 14.7 Å². The van der Waals surface area contributed by atoms with Gasteiger partial charge >= 0.3 is 0 Å². The minimum atomic E-state index is -1.16. The fraction of sp³-hybridized carbons (Fsp3) is 0.308. The van der Waals surface area contributed by atoms with Crippen LogP contribution in [0.25, 0.3) is 10.6 Å². The van der Waals surface area contributed by atoms with Crippen LogP contribution in [-0.2, 0) is 9.59 Å². The average Bonchev–Trinajstić information content (AvgIpc) is 2.95. The summed E-state index contributed by atoms with van der Waals surface area (Å²) in [4.78, 5) is 28.1. The van der Waals surface area contributed by atoms with Crippen molar-refractivity contribution < 1.29 is 14.7 Å². The van der Waals surface area contributed by atoms with E-state index >= 15 is 0 Å². The van der Waals surface area contributed by atoms with E-state index in [2.05, 4.69) is 10.3 Å². The van der Waals surface area contributed by atoms with E-state index in [-0.39, 0.29) is 5.91 Å². The summed E-state index contributed by atoms with van der Waals surface area (Å²) in [7, 11) is 0. The standard InChI is InChI=1S/C13H11ClN2O3S2/c14-10-4-3-9(21-10)8-5-20-13(15-8)16-11(17)6-1-2-7(6)12(18)19/h3-7H,1-2H2,(H,18,19)(H,15,16,17)/p-1/t6-,7+/m1/s1. The fourth-order valence-corrected chi connectivity index (χ4v) is 3.98. The van der Waals surface area contributed by atoms with Crippen molar-refractivity contribution in [2.75, 3.05) is 5.32 Å². The molecule has 1 aliphatic carbocycles. The molecule has 2 atom stereocenters. The Kier molecular flexibility index (Phi) is 3.97. The molecule has 2 heterocycles. The maximum absolute atomic E-state index is 12.0. The lowest BCUT2D eigenvalue weighted by atomic mass is 9.73. The molecule has 1 saturated carbocycles. The van der Waals surface area contributed by atoms with Crippen molar-refractivity contribution in [1.29, 1.82) is 0 Å². The number of aromatic nitrogens is 1. The average molecular weight is 342 g/mol. The molecule has 0 aliphatic heterocycles. The molecular weight excluding hydrogens is 332 g/mol. The summed E-state index contributed by atoms with van der Waals surface area (Å²) in [5.74, 6) is -2.66. The number of nitrogens with one attached hydrogen (secondary N) is 1. The quantitative estimate of drug-likeness (QED) is 0.924. The summed E-state index contributed by atoms with van der Waals surface area (Å²) >= 11 is 8.59. The van der Waals surface area contributed by atoms with Gasteiger partial charge in [0.1, 0.15) is 0 Å². The first-order valence-electron chi connectivity index (χ1n) is 6.27. The number of halogens is 1. The van der Waals surface area contributed by atoms with E-state index in [0.717, 1.165) is 10.6 Å². The molecule has 1 aliphatic rings. The fourth-order valence-electron chi connectivity index (χ4n) is 2.19. The topological polar surface area (TPSA) is 82.1 Å². The van der Waals surface area contributed by atoms with Crippen molar-refractivity contribution >= 4 is 51.3 Å². The Morgan fingerprint density at radius 2 is 2.10 bits per heavy atom. The van der Waals surface area contributed by atoms with Gasteiger partial charge in [0, 0.05) is 23.2 Å². The van der Waals surface area contributed by atoms with Crippen LogP contribution in [0, 0.1) is 11.8 Å². The van der Waals surface area contributed by atoms with Crippen LogP contribution in [0.15, 0.2) is 17.5 Å². The summed E-state index contributed by atoms with van der Waals surface area (Å²) in [6, 6.07) is 3.66. The molecule has 0 bridgehead atoms. The van der Waals surface area contributed by atoms with Crippen molar-refractivity contribution in [1.82, 2.24) is 4.98 Å². The first kappa shape index (κ1) is 14.5. The maximum atomic E-state index is 12.0. The molecule has 2 aromatic heterocycles. The Morgan fingerprint density at radius 3 is 2.67 bits per heavy atom. The second kappa shape index (κ2) is 5.75. The third-order valence-electron chi connectivity index (χ3n) is 3.47. The molecule has 0 spiro atoms. The van der Waals surface area contributed by atoms with Gasteiger partial charge in [-0.25, -0.2) is 4.98 Å². The molecule has 5 nitrogen and oxygen atoms in total. The summed E-state index contributed by atoms with van der Waals surface area (Å²) in [6.07, 6.45) is 1.07. The summed E-state index contributed by atoms with van der Waals surface area (Å²) < 4.78 is 0.676. The molecule has 1 amide bonds. The largest absolute Gasteiger partial charge is 0.550 e. The highest BCUT2D eigenvalue weighted by molar-refractivity contribution is 7.20. The van der Waals surface area contributed by atoms with Gasteiger partial charge in [-0.3, -0.25) is 4.79 Å². The summed E-state index contributed by atoms with van der Waals surface area (Å²) in [5.41, 5.74) is 0.747. The number of hydrogen-bond acceptors (Lipinski definition) is 6. The van der Waals surface area contributed by atoms with Gasteiger partial charge in [0.25, 0.3) is 0 Å². The van der Waals surface area contributed by atoms with Crippen molar-refractivity contribution in [2.45, 2.75) is 12.8 Å². The van der Waals surface area contributed by atoms with Crippen LogP contribution in [0.4, 0.5) is 5.13 Å². The van der Waals surface area contributed by atoms with Crippen molar-refractivity contribution in [3.63, 3.8) is 0 Å². The Bertz CT molecular complexity index is 697. The zero-order chi connectivity index (χ0) is 15.0. The van der Waals surface area contributed by atoms with Crippen LogP contribution in [0.5, 0.6) is 0 Å². The Hall–Kier alpha value is -1.44. The molecule has 21 heavy (non-hydrogen) atoms. The highest BCUT2D eigenvalue weighted by Crippen LogP contribution is 2.36. The second-order valence-electron chi connectivity index (χ2n) is 4.74. The molecule has 0 aromatic carbocycles. The summed E-state index contributed by atoms with van der Waals surface area (Å²) in [5, 5.41) is 15.8. The van der Waals surface area contributed by atoms with Gasteiger partial charge in [0.15, 0.2) is 5.13 Å². The van der Waals surface area contributed by atoms with E-state index in [1.807, 2.05) is 11.4 Å². The zero-order valence-electron chi connectivity index (χ0n) is 10.7. The normalized spacial score (nSPS) is 20.8. The number of carbonyl (C=O) groups excluding carboxylic acids is 2. The SMILES string of the molecule is O=C([O-])[C@H]1CC[C@H]1C(=O)Nc1nc(-c2ccc(Cl)s2)cs1. The lowest BCUT2D eigenvalue weighted by molar-refractivity contribution is -0.316. The van der Waals surface area contributed by atoms with Crippen LogP contribution in [0.2, 0.25) is 4.34 Å². The van der Waals surface area contributed by atoms with Crippen LogP contribution in [0.1, 0.15) is 12.8 Å². The number of rotatable bonds is 4. The lowest BCUT2D eigenvalue weighted by Crippen LogP contribution is -2.46. The minimum absolute atomic E-state index is 0.305. The first-order valence-corrected chi connectivity index (χ1v) is 8.35. The highest BCUT2D eigenvalue weighted by Gasteiger charge is 2.37. The molecule has 8 heteroatoms. The van der Waals surface area contributed by atoms with E-state index in [1.165, 1.54) is 22.7 Å². The van der Waals surface area contributed by atoms with Gasteiger partial charge in [0.05, 0.1) is 14.9 Å². The van der Waals surface area contributed by atoms with Gasteiger partial charge in [-0.15, -0.1) is 22.7 Å². The third kappa shape index (κ3) is 2.95. The molecule has 0 radical (unpaired) electrons. The number of carboxylic acid groups (broad SMARTS) is 1. The van der Waals surface area contributed by atoms with Gasteiger partial charge in [-0.05, 0) is 25.0 Å². The molecule has 110 valence electrons. The first-order chi connectivity index (χ1) is 10.0. The molecule has 1 N–H and O–H groups in total. The zero-order valence-corrected chi connectivity index (χ0v) is 13.1. The number of thiazole rings is 1. The number of amides is 1. The number of anilines is 1. The number of hydrogen-bond donors (Lipinski definition) is 1. The van der Waals surface area contributed by atoms with Crippen LogP contribution >= 0.6 is 34.3 Å². The van der Waals surface area contributed by atoms with E-state index in [1.54, 1.807) is 6.07 Å². The van der Waals surface area contributed by atoms with Crippen LogP contribution in [-0.4, -0.2) is 16.9 Å². The predicted octanol–water partition coefficient (Wildman–Crippen LogP) is 2.24. The maximum Gasteiger partial charge on any atom is 0.229 e. The lowest BCUT2D eigenvalue weighted by Gasteiger charge is -2.35. The molecule has 1 fully saturated rings. The molecule has 0 saturated heterocycles. The molecule has 0 unspecified atom stereocenters. The molecular formula is C13H10ClN2O3S2-. The van der Waals surface area contributed by atoms with E-state index in [4.69, 9.17) is 11.6 Å². The van der Waals surface area contributed by atoms with Gasteiger partial charge in [0.2, 0.25) is 5.91 Å². The highest BCUT2D eigenvalue weighted by atomic mass is 35.5. The minimum Gasteiger partial charge on any atom is -0.550 e. The smallest absolute Gasteiger partial charge is 0.229 e. The van der Waals surface area contributed by atoms with Crippen molar-refractivity contribution in [3.05, 3.63) is 21.8 Å². The van der Waals surface area contributed by atoms with Crippen molar-refractivity contribution in [2.24, 2.45) is 11.8 Å². The number of carbonyl (C=O) groups is 2. The number of aliphatic carboxylic acids is 1. The van der Waals surface area contributed by atoms with E-state index < -0.39 is 17.8 Å². The Balaban J connectivity index is 1.67. The number of carboxylic acids is 1. The number of thiophene rings is 1. The molecule has 3 rings (SSSR count). The van der Waals surface area contributed by atoms with Gasteiger partial charge in [-0.1, -0.05) is 11.6 Å². The number of nitrogens with zero attached hydrogens (tertiary/aromatic N) is 1. The molecule has 2 aromatic rings. The van der Waals surface area contributed by atoms with Crippen molar-refractivity contribution in [3.8, 4) is 10.6 Å². The monoisotopic (exact) mass is 341 g/mol. The van der Waals surface area contributed by atoms with Gasteiger partial charge < -0.3 is 15.2 Å². The Labute approximate surface area is 133 Å². The third-order valence-corrected chi connectivity index (χ3v) is 5.49. The van der Waals surface area contributed by atoms with E-state index in [0.29, 0.717) is 22.3 Å². The Morgan fingerprint density at radius 1 is 1.33 bits per heavy atom. The second-order valence-corrected chi connectivity index (χ2v) is 7.31. The van der Waals surface area contributed by atoms with Gasteiger partial charge in [-0.2, -0.15) is 0 Å². The predicted molar refractivity (Wildman–Crippen MR) is 80.3 cm³/mol. The van der Waals surface area contributed by atoms with Crippen LogP contribution < -0.4 is 10.4 Å². The van der Waals surface area contributed by atoms with Crippen LogP contribution in [0.3, 0.4) is 0 Å².